The van der Waals surface area contributed by atoms with Crippen LogP contribution in [0.1, 0.15) is 27.4 Å². The first kappa shape index (κ1) is 14.9. The highest BCUT2D eigenvalue weighted by molar-refractivity contribution is 5.91. The first-order valence-electron chi connectivity index (χ1n) is 6.57. The standard InChI is InChI=1S/C16H18N2O3/c1-3-6-12-7-4-5-8-14(12)20-10-13-9-15(16(19)18-17)21-11(13)2/h3-5,7-9H,1,6,10,17H2,2H3,(H,18,19). The Labute approximate surface area is 123 Å². The van der Waals surface area contributed by atoms with Gasteiger partial charge in [-0.05, 0) is 31.0 Å². The molecule has 0 atom stereocenters. The zero-order valence-corrected chi connectivity index (χ0v) is 11.9. The van der Waals surface area contributed by atoms with Crippen LogP contribution in [-0.2, 0) is 13.0 Å². The summed E-state index contributed by atoms with van der Waals surface area (Å²) in [6, 6.07) is 9.40. The Balaban J connectivity index is 2.11. The third kappa shape index (κ3) is 3.52. The highest BCUT2D eigenvalue weighted by Crippen LogP contribution is 2.22. The summed E-state index contributed by atoms with van der Waals surface area (Å²) >= 11 is 0. The van der Waals surface area contributed by atoms with Gasteiger partial charge in [-0.15, -0.1) is 6.58 Å². The van der Waals surface area contributed by atoms with Crippen molar-refractivity contribution in [2.45, 2.75) is 20.0 Å². The molecule has 5 heteroatoms. The summed E-state index contributed by atoms with van der Waals surface area (Å²) in [6.07, 6.45) is 2.57. The van der Waals surface area contributed by atoms with E-state index in [0.717, 1.165) is 23.3 Å². The molecule has 0 saturated heterocycles. The van der Waals surface area contributed by atoms with Gasteiger partial charge in [-0.2, -0.15) is 0 Å². The van der Waals surface area contributed by atoms with Crippen molar-refractivity contribution in [2.24, 2.45) is 5.84 Å². The number of ether oxygens (including phenoxy) is 1. The summed E-state index contributed by atoms with van der Waals surface area (Å²) < 4.78 is 11.2. The quantitative estimate of drug-likeness (QED) is 0.370. The van der Waals surface area contributed by atoms with E-state index >= 15 is 0 Å². The number of allylic oxidation sites excluding steroid dienone is 1. The van der Waals surface area contributed by atoms with Crippen molar-refractivity contribution in [2.75, 3.05) is 0 Å². The van der Waals surface area contributed by atoms with E-state index < -0.39 is 5.91 Å². The molecule has 2 rings (SSSR count). The highest BCUT2D eigenvalue weighted by Gasteiger charge is 2.14. The number of amides is 1. The minimum absolute atomic E-state index is 0.174. The number of para-hydroxylation sites is 1. The lowest BCUT2D eigenvalue weighted by molar-refractivity contribution is 0.0924. The van der Waals surface area contributed by atoms with Crippen molar-refractivity contribution in [1.82, 2.24) is 5.43 Å². The monoisotopic (exact) mass is 286 g/mol. The maximum Gasteiger partial charge on any atom is 0.300 e. The molecule has 2 aromatic rings. The van der Waals surface area contributed by atoms with Crippen LogP contribution in [0.15, 0.2) is 47.4 Å². The molecule has 0 spiro atoms. The molecule has 0 radical (unpaired) electrons. The summed E-state index contributed by atoms with van der Waals surface area (Å²) in [4.78, 5) is 11.4. The van der Waals surface area contributed by atoms with Gasteiger partial charge in [0.2, 0.25) is 0 Å². The third-order valence-corrected chi connectivity index (χ3v) is 3.10. The van der Waals surface area contributed by atoms with Gasteiger partial charge >= 0.3 is 5.91 Å². The molecule has 1 aromatic carbocycles. The van der Waals surface area contributed by atoms with Gasteiger partial charge in [0.25, 0.3) is 0 Å². The number of furan rings is 1. The normalized spacial score (nSPS) is 10.2. The Hall–Kier alpha value is -2.53. The van der Waals surface area contributed by atoms with Crippen LogP contribution < -0.4 is 16.0 Å². The van der Waals surface area contributed by atoms with Crippen molar-refractivity contribution < 1.29 is 13.9 Å². The van der Waals surface area contributed by atoms with E-state index in [1.165, 1.54) is 0 Å². The molecule has 0 aliphatic carbocycles. The maximum atomic E-state index is 11.4. The summed E-state index contributed by atoms with van der Waals surface area (Å²) in [5.41, 5.74) is 3.91. The Bertz CT molecular complexity index is 647. The molecule has 0 aliphatic heterocycles. The molecule has 1 heterocycles. The average molecular weight is 286 g/mol. The lowest BCUT2D eigenvalue weighted by Gasteiger charge is -2.09. The zero-order valence-electron chi connectivity index (χ0n) is 11.9. The van der Waals surface area contributed by atoms with Crippen molar-refractivity contribution in [3.8, 4) is 5.75 Å². The van der Waals surface area contributed by atoms with Crippen LogP contribution in [0.25, 0.3) is 0 Å². The van der Waals surface area contributed by atoms with Gasteiger partial charge in [0.1, 0.15) is 18.1 Å². The third-order valence-electron chi connectivity index (χ3n) is 3.10. The van der Waals surface area contributed by atoms with E-state index in [4.69, 9.17) is 15.0 Å². The fourth-order valence-corrected chi connectivity index (χ4v) is 1.97. The van der Waals surface area contributed by atoms with Crippen LogP contribution in [-0.4, -0.2) is 5.91 Å². The van der Waals surface area contributed by atoms with E-state index in [-0.39, 0.29) is 5.76 Å². The number of nitrogen functional groups attached to an aromatic ring is 1. The Kier molecular flexibility index (Phi) is 4.79. The number of benzene rings is 1. The van der Waals surface area contributed by atoms with Crippen LogP contribution in [0.5, 0.6) is 5.75 Å². The molecule has 5 nitrogen and oxygen atoms in total. The minimum atomic E-state index is -0.462. The average Bonchev–Trinajstić information content (AvgIpc) is 2.87. The van der Waals surface area contributed by atoms with Gasteiger partial charge in [0, 0.05) is 5.56 Å². The molecule has 0 bridgehead atoms. The second-order valence-corrected chi connectivity index (χ2v) is 4.55. The SMILES string of the molecule is C=CCc1ccccc1OCc1cc(C(=O)NN)oc1C. The molecule has 1 amide bonds. The Morgan fingerprint density at radius 2 is 2.19 bits per heavy atom. The number of nitrogens with one attached hydrogen (secondary N) is 1. The fraction of sp³-hybridized carbons (Fsp3) is 0.188. The molecule has 0 unspecified atom stereocenters. The molecule has 3 N–H and O–H groups in total. The van der Waals surface area contributed by atoms with Crippen LogP contribution in [0, 0.1) is 6.92 Å². The predicted molar refractivity (Wildman–Crippen MR) is 79.8 cm³/mol. The molecular weight excluding hydrogens is 268 g/mol. The Morgan fingerprint density at radius 3 is 2.90 bits per heavy atom. The number of rotatable bonds is 6. The van der Waals surface area contributed by atoms with Crippen LogP contribution in [0.4, 0.5) is 0 Å². The largest absolute Gasteiger partial charge is 0.488 e. The van der Waals surface area contributed by atoms with Gasteiger partial charge in [-0.25, -0.2) is 5.84 Å². The minimum Gasteiger partial charge on any atom is -0.488 e. The predicted octanol–water partition coefficient (Wildman–Crippen LogP) is 2.50. The van der Waals surface area contributed by atoms with E-state index in [9.17, 15) is 4.79 Å². The second-order valence-electron chi connectivity index (χ2n) is 4.55. The first-order valence-corrected chi connectivity index (χ1v) is 6.57. The van der Waals surface area contributed by atoms with Gasteiger partial charge in [-0.1, -0.05) is 24.3 Å². The molecule has 21 heavy (non-hydrogen) atoms. The number of hydrogen-bond donors (Lipinski definition) is 2. The number of aryl methyl sites for hydroxylation is 1. The maximum absolute atomic E-state index is 11.4. The lowest BCUT2D eigenvalue weighted by atomic mass is 10.1. The first-order chi connectivity index (χ1) is 10.2. The van der Waals surface area contributed by atoms with E-state index in [1.54, 1.807) is 13.0 Å². The molecule has 0 fully saturated rings. The Morgan fingerprint density at radius 1 is 1.43 bits per heavy atom. The van der Waals surface area contributed by atoms with Gasteiger partial charge in [0.15, 0.2) is 5.76 Å². The van der Waals surface area contributed by atoms with Crippen LogP contribution in [0.3, 0.4) is 0 Å². The number of carbonyl (C=O) groups excluding carboxylic acids is 1. The number of nitrogens with two attached hydrogens (primary N) is 1. The summed E-state index contributed by atoms with van der Waals surface area (Å²) in [5.74, 6) is 6.22. The summed E-state index contributed by atoms with van der Waals surface area (Å²) in [7, 11) is 0. The molecule has 110 valence electrons. The summed E-state index contributed by atoms with van der Waals surface area (Å²) in [5, 5.41) is 0. The van der Waals surface area contributed by atoms with E-state index in [2.05, 4.69) is 6.58 Å². The molecule has 1 aromatic heterocycles. The fourth-order valence-electron chi connectivity index (χ4n) is 1.97. The second kappa shape index (κ2) is 6.76. The number of hydrogen-bond acceptors (Lipinski definition) is 4. The summed E-state index contributed by atoms with van der Waals surface area (Å²) in [6.45, 7) is 5.83. The van der Waals surface area contributed by atoms with Crippen molar-refractivity contribution in [3.05, 3.63) is 65.6 Å². The zero-order chi connectivity index (χ0) is 15.2. The van der Waals surface area contributed by atoms with Crippen molar-refractivity contribution in [3.63, 3.8) is 0 Å². The molecule has 0 aliphatic rings. The number of hydrazine groups is 1. The van der Waals surface area contributed by atoms with E-state index in [1.807, 2.05) is 35.8 Å². The van der Waals surface area contributed by atoms with Gasteiger partial charge in [-0.3, -0.25) is 10.2 Å². The van der Waals surface area contributed by atoms with Crippen LogP contribution in [0.2, 0.25) is 0 Å². The van der Waals surface area contributed by atoms with Crippen molar-refractivity contribution >= 4 is 5.91 Å². The topological polar surface area (TPSA) is 77.5 Å². The van der Waals surface area contributed by atoms with Gasteiger partial charge < -0.3 is 9.15 Å². The lowest BCUT2D eigenvalue weighted by Crippen LogP contribution is -2.29. The number of carbonyl (C=O) groups is 1. The molecule has 0 saturated carbocycles. The molecular formula is C16H18N2O3. The van der Waals surface area contributed by atoms with E-state index in [0.29, 0.717) is 12.4 Å². The van der Waals surface area contributed by atoms with Gasteiger partial charge in [0.05, 0.1) is 0 Å². The highest BCUT2D eigenvalue weighted by atomic mass is 16.5. The smallest absolute Gasteiger partial charge is 0.300 e. The van der Waals surface area contributed by atoms with Crippen molar-refractivity contribution in [1.29, 1.82) is 0 Å². The van der Waals surface area contributed by atoms with Crippen LogP contribution >= 0.6 is 0 Å².